The molecule has 1 aliphatic rings. The number of carboxylic acids is 1. The Labute approximate surface area is 401 Å². The van der Waals surface area contributed by atoms with Gasteiger partial charge in [-0.1, -0.05) is 42.8 Å². The molecule has 15 heteroatoms. The topological polar surface area (TPSA) is 153 Å². The maximum Gasteiger partial charge on any atom is 1.00 e. The van der Waals surface area contributed by atoms with E-state index in [4.69, 9.17) is 24.7 Å². The number of carbonyl (C=O) groups is 2. The largest absolute Gasteiger partial charge is 1.00 e. The van der Waals surface area contributed by atoms with Gasteiger partial charge in [-0.2, -0.15) is 0 Å². The number of hydrogen-bond acceptors (Lipinski definition) is 9. The number of nitrogens with two attached hydrogens (primary N) is 1. The van der Waals surface area contributed by atoms with E-state index in [0.717, 1.165) is 37.9 Å². The van der Waals surface area contributed by atoms with Crippen molar-refractivity contribution in [2.24, 2.45) is 5.73 Å². The van der Waals surface area contributed by atoms with Gasteiger partial charge in [0.25, 0.3) is 0 Å². The summed E-state index contributed by atoms with van der Waals surface area (Å²) in [5, 5.41) is 18.9. The summed E-state index contributed by atoms with van der Waals surface area (Å²) in [6.45, 7) is 4.92. The number of fused-ring (bicyclic) bond motifs is 1. The predicted molar refractivity (Wildman–Crippen MR) is 228 cm³/mol. The Balaban J connectivity index is 0.000000535. The van der Waals surface area contributed by atoms with E-state index in [2.05, 4.69) is 50.1 Å². The number of carboxylic acid groups (broad SMARTS) is 1. The van der Waals surface area contributed by atoms with Crippen LogP contribution < -0.4 is 75.0 Å². The first-order valence-corrected chi connectivity index (χ1v) is 19.8. The molecule has 1 fully saturated rings. The predicted octanol–water partition coefficient (Wildman–Crippen LogP) is 2.60. The summed E-state index contributed by atoms with van der Waals surface area (Å²) in [5.74, 6) is 0.531. The van der Waals surface area contributed by atoms with Crippen LogP contribution in [-0.4, -0.2) is 59.3 Å². The number of phenolic OH excluding ortho intramolecular Hbond substituents is 1. The van der Waals surface area contributed by atoms with Gasteiger partial charge in [0.05, 0.1) is 16.1 Å². The molecule has 4 N–H and O–H groups in total. The van der Waals surface area contributed by atoms with E-state index in [1.165, 1.54) is 19.3 Å². The summed E-state index contributed by atoms with van der Waals surface area (Å²) in [7, 11) is 0. The molecule has 4 aromatic carbocycles. The number of aromatic hydroxyl groups is 1. The van der Waals surface area contributed by atoms with Gasteiger partial charge in [0.15, 0.2) is 16.8 Å². The van der Waals surface area contributed by atoms with Crippen LogP contribution in [0.2, 0.25) is 0 Å². The van der Waals surface area contributed by atoms with Gasteiger partial charge < -0.3 is 32.7 Å². The first kappa shape index (κ1) is 47.1. The molecule has 1 aliphatic heterocycles. The number of halogens is 3. The third-order valence-corrected chi connectivity index (χ3v) is 10.9. The van der Waals surface area contributed by atoms with Crippen LogP contribution in [0.3, 0.4) is 0 Å². The standard InChI is InChI=1S/C24H25NO4.C15H12I3NO4.2Na.2H/c1-17-21(26)19-11-8-12-20(23(19)29-22(17)18-9-4-2-5-10-18)24(27)28-16-15-25-13-6-3-7-14-25;16-9-6-8(1-2-13(9)20)23-14-10(17)3-7(4-11(14)18)5-12(19)15(21)22;;;;/h2,4-5,8-12H,3,6-7,13-16H2,1H3;1-4,6,12,20H,5,19H2,(H,21,22);;;;/q;;2*+1;2*-1/t;12-;;;;/m.0..../s1. The Morgan fingerprint density at radius 1 is 0.926 bits per heavy atom. The van der Waals surface area contributed by atoms with Crippen molar-refractivity contribution in [2.75, 3.05) is 26.2 Å². The molecule has 1 atom stereocenters. The van der Waals surface area contributed by atoms with Gasteiger partial charge in [0, 0.05) is 17.7 Å². The van der Waals surface area contributed by atoms with Crippen LogP contribution in [-0.2, 0) is 16.0 Å². The van der Waals surface area contributed by atoms with E-state index in [9.17, 15) is 19.5 Å². The quantitative estimate of drug-likeness (QED) is 0.108. The molecule has 5 aromatic rings. The van der Waals surface area contributed by atoms with Crippen LogP contribution in [0.1, 0.15) is 43.6 Å². The number of hydrogen-bond donors (Lipinski definition) is 3. The minimum atomic E-state index is -1.02. The third-order valence-electron chi connectivity index (χ3n) is 8.46. The minimum Gasteiger partial charge on any atom is -1.00 e. The average molecular weight is 1090 g/mol. The summed E-state index contributed by atoms with van der Waals surface area (Å²) in [6, 6.07) is 22.3. The fourth-order valence-corrected chi connectivity index (χ4v) is 8.31. The summed E-state index contributed by atoms with van der Waals surface area (Å²) in [6.07, 6.45) is 3.93. The van der Waals surface area contributed by atoms with Crippen LogP contribution in [0.15, 0.2) is 88.1 Å². The molecule has 1 saturated heterocycles. The first-order chi connectivity index (χ1) is 24.9. The molecule has 0 radical (unpaired) electrons. The number of phenols is 1. The van der Waals surface area contributed by atoms with Gasteiger partial charge in [0.1, 0.15) is 35.5 Å². The van der Waals surface area contributed by atoms with Crippen LogP contribution in [0.5, 0.6) is 17.2 Å². The fraction of sp³-hybridized carbons (Fsp3) is 0.256. The van der Waals surface area contributed by atoms with Gasteiger partial charge in [-0.15, -0.1) is 0 Å². The molecular formula is C39H39I3N2Na2O8. The Morgan fingerprint density at radius 2 is 1.59 bits per heavy atom. The van der Waals surface area contributed by atoms with Crippen molar-refractivity contribution < 1.29 is 95.7 Å². The second-order valence-corrected chi connectivity index (χ2v) is 15.7. The molecule has 6 rings (SSSR count). The number of piperidine rings is 1. The van der Waals surface area contributed by atoms with E-state index in [1.807, 2.05) is 65.1 Å². The van der Waals surface area contributed by atoms with Crippen molar-refractivity contribution in [1.29, 1.82) is 0 Å². The molecule has 0 saturated carbocycles. The average Bonchev–Trinajstić information content (AvgIpc) is 3.13. The molecule has 10 nitrogen and oxygen atoms in total. The molecule has 0 bridgehead atoms. The molecule has 2 heterocycles. The molecule has 1 aromatic heterocycles. The number of ether oxygens (including phenoxy) is 2. The zero-order valence-electron chi connectivity index (χ0n) is 32.2. The second kappa shape index (κ2) is 22.6. The van der Waals surface area contributed by atoms with Gasteiger partial charge in [0.2, 0.25) is 0 Å². The van der Waals surface area contributed by atoms with Crippen LogP contribution in [0.4, 0.5) is 0 Å². The van der Waals surface area contributed by atoms with Gasteiger partial charge in [-0.3, -0.25) is 14.5 Å². The Morgan fingerprint density at radius 3 is 2.22 bits per heavy atom. The summed E-state index contributed by atoms with van der Waals surface area (Å²) >= 11 is 6.33. The van der Waals surface area contributed by atoms with Crippen LogP contribution in [0.25, 0.3) is 22.3 Å². The van der Waals surface area contributed by atoms with Crippen molar-refractivity contribution in [2.45, 2.75) is 38.6 Å². The third kappa shape index (κ3) is 12.6. The van der Waals surface area contributed by atoms with Crippen molar-refractivity contribution in [1.82, 2.24) is 4.90 Å². The molecule has 0 spiro atoms. The molecule has 0 aliphatic carbocycles. The maximum atomic E-state index is 12.9. The summed E-state index contributed by atoms with van der Waals surface area (Å²) in [4.78, 5) is 38.8. The van der Waals surface area contributed by atoms with Crippen molar-refractivity contribution in [3.63, 3.8) is 0 Å². The number of para-hydroxylation sites is 1. The van der Waals surface area contributed by atoms with Crippen molar-refractivity contribution in [3.8, 4) is 28.6 Å². The molecular weight excluding hydrogens is 1050 g/mol. The number of aliphatic carboxylic acids is 1. The van der Waals surface area contributed by atoms with Crippen LogP contribution >= 0.6 is 67.8 Å². The smallest absolute Gasteiger partial charge is 1.00 e. The van der Waals surface area contributed by atoms with Gasteiger partial charge in [-0.25, -0.2) is 4.79 Å². The molecule has 0 unspecified atom stereocenters. The SMILES string of the molecule is Cc1c(-c2ccccc2)oc2c(C(=O)OCCN3CCCCC3)cccc2c1=O.N[C@@H](Cc1cc(I)c(Oc2ccc(O)c(I)c2)c(I)c1)C(=O)O.[H-].[H-].[Na+].[Na+]. The van der Waals surface area contributed by atoms with E-state index in [1.54, 1.807) is 43.3 Å². The number of carbonyl (C=O) groups excluding carboxylic acids is 1. The van der Waals surface area contributed by atoms with E-state index in [-0.39, 0.29) is 90.7 Å². The Hall–Kier alpha value is -1.26. The van der Waals surface area contributed by atoms with Crippen LogP contribution in [0, 0.1) is 17.6 Å². The number of esters is 1. The number of benzene rings is 4. The number of likely N-dealkylation sites (tertiary alicyclic amines) is 1. The summed E-state index contributed by atoms with van der Waals surface area (Å²) < 4.78 is 19.9. The first-order valence-electron chi connectivity index (χ1n) is 16.6. The Kier molecular flexibility index (Phi) is 19.7. The van der Waals surface area contributed by atoms with E-state index in [0.29, 0.717) is 38.4 Å². The molecule has 0 amide bonds. The van der Waals surface area contributed by atoms with E-state index >= 15 is 0 Å². The number of nitrogens with zero attached hydrogens (tertiary/aromatic N) is 1. The maximum absolute atomic E-state index is 12.9. The fourth-order valence-electron chi connectivity index (χ4n) is 5.70. The minimum absolute atomic E-state index is 0. The van der Waals surface area contributed by atoms with Crippen molar-refractivity contribution in [3.05, 3.63) is 116 Å². The Bertz CT molecular complexity index is 2120. The normalized spacial score (nSPS) is 13.1. The van der Waals surface area contributed by atoms with Gasteiger partial charge >= 0.3 is 71.1 Å². The number of rotatable bonds is 10. The molecule has 54 heavy (non-hydrogen) atoms. The zero-order chi connectivity index (χ0) is 37.4. The van der Waals surface area contributed by atoms with E-state index < -0.39 is 18.0 Å². The molecule has 276 valence electrons. The monoisotopic (exact) mass is 1090 g/mol. The van der Waals surface area contributed by atoms with Crippen molar-refractivity contribution >= 4 is 90.7 Å². The summed E-state index contributed by atoms with van der Waals surface area (Å²) in [5.41, 5.74) is 8.20. The van der Waals surface area contributed by atoms with Gasteiger partial charge in [-0.05, 0) is 155 Å². The second-order valence-electron chi connectivity index (χ2n) is 12.2. The zero-order valence-corrected chi connectivity index (χ0v) is 40.7.